The highest BCUT2D eigenvalue weighted by atomic mass is 35.5. The molecule has 1 amide bonds. The van der Waals surface area contributed by atoms with Crippen LogP contribution < -0.4 is 10.2 Å². The summed E-state index contributed by atoms with van der Waals surface area (Å²) in [5.74, 6) is 1.58. The predicted molar refractivity (Wildman–Crippen MR) is 156 cm³/mol. The molecule has 1 N–H and O–H groups in total. The summed E-state index contributed by atoms with van der Waals surface area (Å²) in [6.45, 7) is 0.512. The summed E-state index contributed by atoms with van der Waals surface area (Å²) in [6, 6.07) is 25.6. The van der Waals surface area contributed by atoms with Crippen molar-refractivity contribution in [3.05, 3.63) is 95.0 Å². The first-order chi connectivity index (χ1) is 19.2. The van der Waals surface area contributed by atoms with Crippen molar-refractivity contribution in [2.24, 2.45) is 5.10 Å². The fourth-order valence-corrected chi connectivity index (χ4v) is 5.50. The topological polar surface area (TPSA) is 81.4 Å². The fraction of sp³-hybridized carbons (Fsp3) is 0.267. The van der Waals surface area contributed by atoms with Crippen LogP contribution in [0.3, 0.4) is 0 Å². The Morgan fingerprint density at radius 3 is 2.49 bits per heavy atom. The molecule has 1 aliphatic rings. The summed E-state index contributed by atoms with van der Waals surface area (Å²) in [7, 11) is 0. The molecule has 1 aromatic heterocycles. The van der Waals surface area contributed by atoms with E-state index in [9.17, 15) is 4.79 Å². The van der Waals surface area contributed by atoms with Gasteiger partial charge in [0.25, 0.3) is 5.91 Å². The number of aromatic nitrogens is 3. The molecule has 1 heterocycles. The molecule has 7 nitrogen and oxygen atoms in total. The predicted octanol–water partition coefficient (Wildman–Crippen LogP) is 6.93. The Hall–Kier alpha value is -3.62. The summed E-state index contributed by atoms with van der Waals surface area (Å²) in [5, 5.41) is 14.5. The minimum Gasteiger partial charge on any atom is -0.489 e. The standard InChI is InChI=1S/C30H30ClN5O2S/c31-25-15-13-24(14-16-25)29-34-35-30(36(29)26-9-5-2-6-10-26)39-21-28(37)33-32-19-22-11-17-27(18-12-22)38-20-23-7-3-1-4-8-23/h1,3-4,7-8,11-19,26H,2,5-6,9-10,20-21H2,(H,33,37). The third kappa shape index (κ3) is 7.49. The molecule has 9 heteroatoms. The van der Waals surface area contributed by atoms with E-state index in [1.54, 1.807) is 6.21 Å². The van der Waals surface area contributed by atoms with E-state index >= 15 is 0 Å². The molecule has 0 spiro atoms. The van der Waals surface area contributed by atoms with Crippen molar-refractivity contribution in [1.29, 1.82) is 0 Å². The van der Waals surface area contributed by atoms with Gasteiger partial charge in [-0.1, -0.05) is 73.0 Å². The Bertz CT molecular complexity index is 1390. The summed E-state index contributed by atoms with van der Waals surface area (Å²) < 4.78 is 8.02. The van der Waals surface area contributed by atoms with E-state index < -0.39 is 0 Å². The largest absolute Gasteiger partial charge is 0.489 e. The van der Waals surface area contributed by atoms with Crippen LogP contribution in [0.1, 0.15) is 49.3 Å². The van der Waals surface area contributed by atoms with Gasteiger partial charge in [-0.2, -0.15) is 5.10 Å². The van der Waals surface area contributed by atoms with Crippen molar-refractivity contribution in [3.63, 3.8) is 0 Å². The van der Waals surface area contributed by atoms with E-state index in [-0.39, 0.29) is 11.7 Å². The molecule has 0 unspecified atom stereocenters. The highest BCUT2D eigenvalue weighted by Crippen LogP contribution is 2.35. The molecule has 0 saturated heterocycles. The van der Waals surface area contributed by atoms with Gasteiger partial charge in [-0.05, 0) is 72.5 Å². The van der Waals surface area contributed by atoms with E-state index in [0.717, 1.165) is 46.3 Å². The molecular formula is C30H30ClN5O2S. The zero-order valence-corrected chi connectivity index (χ0v) is 23.1. The van der Waals surface area contributed by atoms with Gasteiger partial charge in [0.2, 0.25) is 0 Å². The fourth-order valence-electron chi connectivity index (χ4n) is 4.57. The van der Waals surface area contributed by atoms with Crippen LogP contribution in [0.2, 0.25) is 5.02 Å². The zero-order valence-electron chi connectivity index (χ0n) is 21.5. The minimum atomic E-state index is -0.203. The molecule has 3 aromatic carbocycles. The second-order valence-corrected chi connectivity index (χ2v) is 10.8. The molecule has 5 rings (SSSR count). The van der Waals surface area contributed by atoms with Crippen LogP contribution in [-0.4, -0.2) is 32.6 Å². The summed E-state index contributed by atoms with van der Waals surface area (Å²) in [6.07, 6.45) is 7.40. The van der Waals surface area contributed by atoms with E-state index in [1.165, 1.54) is 31.0 Å². The normalized spacial score (nSPS) is 14.0. The number of hydrazone groups is 1. The number of nitrogens with zero attached hydrogens (tertiary/aromatic N) is 4. The van der Waals surface area contributed by atoms with Crippen LogP contribution >= 0.6 is 23.4 Å². The molecule has 1 fully saturated rings. The van der Waals surface area contributed by atoms with Gasteiger partial charge in [0.05, 0.1) is 12.0 Å². The number of rotatable bonds is 10. The van der Waals surface area contributed by atoms with E-state index in [4.69, 9.17) is 16.3 Å². The zero-order chi connectivity index (χ0) is 26.9. The molecule has 0 atom stereocenters. The van der Waals surface area contributed by atoms with E-state index in [1.807, 2.05) is 78.9 Å². The summed E-state index contributed by atoms with van der Waals surface area (Å²) in [5.41, 5.74) is 5.55. The Balaban J connectivity index is 1.16. The van der Waals surface area contributed by atoms with Crippen molar-refractivity contribution < 1.29 is 9.53 Å². The quantitative estimate of drug-likeness (QED) is 0.129. The summed E-state index contributed by atoms with van der Waals surface area (Å²) >= 11 is 7.47. The number of nitrogens with one attached hydrogen (secondary N) is 1. The number of hydrogen-bond acceptors (Lipinski definition) is 6. The van der Waals surface area contributed by atoms with Gasteiger partial charge in [0.1, 0.15) is 12.4 Å². The number of halogens is 1. The third-order valence-electron chi connectivity index (χ3n) is 6.57. The maximum atomic E-state index is 12.5. The van der Waals surface area contributed by atoms with Crippen LogP contribution in [0.15, 0.2) is 89.1 Å². The number of amides is 1. The third-order valence-corrected chi connectivity index (χ3v) is 7.77. The smallest absolute Gasteiger partial charge is 0.250 e. The maximum absolute atomic E-state index is 12.5. The first kappa shape index (κ1) is 27.0. The number of hydrogen-bond donors (Lipinski definition) is 1. The van der Waals surface area contributed by atoms with Gasteiger partial charge >= 0.3 is 0 Å². The first-order valence-electron chi connectivity index (χ1n) is 13.1. The van der Waals surface area contributed by atoms with Crippen molar-refractivity contribution in [2.45, 2.75) is 49.9 Å². The van der Waals surface area contributed by atoms with Crippen LogP contribution in [0.25, 0.3) is 11.4 Å². The average molecular weight is 560 g/mol. The van der Waals surface area contributed by atoms with Crippen LogP contribution in [-0.2, 0) is 11.4 Å². The molecule has 0 aliphatic heterocycles. The van der Waals surface area contributed by atoms with Gasteiger partial charge < -0.3 is 4.74 Å². The number of thioether (sulfide) groups is 1. The van der Waals surface area contributed by atoms with Crippen LogP contribution in [0.4, 0.5) is 0 Å². The second-order valence-electron chi connectivity index (χ2n) is 9.40. The molecule has 0 bridgehead atoms. The Labute approximate surface area is 237 Å². The molecule has 0 radical (unpaired) electrons. The van der Waals surface area contributed by atoms with E-state index in [2.05, 4.69) is 25.3 Å². The Kier molecular flexibility index (Phi) is 9.30. The number of carbonyl (C=O) groups is 1. The molecule has 200 valence electrons. The summed E-state index contributed by atoms with van der Waals surface area (Å²) in [4.78, 5) is 12.5. The lowest BCUT2D eigenvalue weighted by atomic mass is 9.95. The minimum absolute atomic E-state index is 0.190. The lowest BCUT2D eigenvalue weighted by Crippen LogP contribution is -2.20. The molecule has 4 aromatic rings. The number of ether oxygens (including phenoxy) is 1. The molecular weight excluding hydrogens is 530 g/mol. The second kappa shape index (κ2) is 13.4. The lowest BCUT2D eigenvalue weighted by molar-refractivity contribution is -0.118. The number of benzene rings is 3. The molecule has 39 heavy (non-hydrogen) atoms. The Morgan fingerprint density at radius 1 is 1.00 bits per heavy atom. The highest BCUT2D eigenvalue weighted by molar-refractivity contribution is 7.99. The molecule has 1 aliphatic carbocycles. The Morgan fingerprint density at radius 2 is 1.74 bits per heavy atom. The SMILES string of the molecule is O=C(CSc1nnc(-c2ccc(Cl)cc2)n1C1CCCCC1)NN=Cc1ccc(OCc2ccccc2)cc1. The van der Waals surface area contributed by atoms with Gasteiger partial charge in [-0.25, -0.2) is 5.43 Å². The average Bonchev–Trinajstić information content (AvgIpc) is 3.41. The van der Waals surface area contributed by atoms with E-state index in [0.29, 0.717) is 17.7 Å². The van der Waals surface area contributed by atoms with Crippen molar-refractivity contribution in [3.8, 4) is 17.1 Å². The van der Waals surface area contributed by atoms with Crippen molar-refractivity contribution in [1.82, 2.24) is 20.2 Å². The van der Waals surface area contributed by atoms with Gasteiger partial charge in [0.15, 0.2) is 11.0 Å². The van der Waals surface area contributed by atoms with Gasteiger partial charge in [0, 0.05) is 16.6 Å². The van der Waals surface area contributed by atoms with Crippen molar-refractivity contribution in [2.75, 3.05) is 5.75 Å². The van der Waals surface area contributed by atoms with Gasteiger partial charge in [-0.15, -0.1) is 10.2 Å². The first-order valence-corrected chi connectivity index (χ1v) is 14.4. The van der Waals surface area contributed by atoms with Crippen LogP contribution in [0, 0.1) is 0 Å². The molecule has 1 saturated carbocycles. The maximum Gasteiger partial charge on any atom is 0.250 e. The number of carbonyl (C=O) groups excluding carboxylic acids is 1. The highest BCUT2D eigenvalue weighted by Gasteiger charge is 2.24. The monoisotopic (exact) mass is 559 g/mol. The van der Waals surface area contributed by atoms with Gasteiger partial charge in [-0.3, -0.25) is 9.36 Å². The van der Waals surface area contributed by atoms with Crippen molar-refractivity contribution >= 4 is 35.5 Å². The lowest BCUT2D eigenvalue weighted by Gasteiger charge is -2.25. The van der Waals surface area contributed by atoms with Crippen LogP contribution in [0.5, 0.6) is 5.75 Å².